The van der Waals surface area contributed by atoms with Crippen molar-refractivity contribution in [3.63, 3.8) is 0 Å². The molecule has 3 atom stereocenters. The van der Waals surface area contributed by atoms with Gasteiger partial charge >= 0.3 is 0 Å². The van der Waals surface area contributed by atoms with Crippen molar-refractivity contribution in [2.75, 3.05) is 26.2 Å². The van der Waals surface area contributed by atoms with Gasteiger partial charge in [-0.05, 0) is 45.6 Å². The number of likely N-dealkylation sites (tertiary alicyclic amines) is 2. The highest BCUT2D eigenvalue weighted by atomic mass is 16.3. The molecule has 2 fully saturated rings. The number of carbonyl (C=O) groups is 1. The number of hydrogen-bond donors (Lipinski definition) is 1. The molecule has 4 heteroatoms. The third-order valence-electron chi connectivity index (χ3n) is 4.26. The number of rotatable bonds is 3. The predicted molar refractivity (Wildman–Crippen MR) is 66.6 cm³/mol. The third kappa shape index (κ3) is 2.80. The molecule has 2 rings (SSSR count). The molecule has 0 aromatic carbocycles. The number of carbonyl (C=O) groups excluding carboxylic acids is 1. The minimum Gasteiger partial charge on any atom is -0.393 e. The zero-order chi connectivity index (χ0) is 12.4. The van der Waals surface area contributed by atoms with Gasteiger partial charge in [0.15, 0.2) is 0 Å². The maximum atomic E-state index is 12.2. The van der Waals surface area contributed by atoms with E-state index in [1.807, 2.05) is 18.7 Å². The summed E-state index contributed by atoms with van der Waals surface area (Å²) in [6, 6.07) is -0.0168. The highest BCUT2D eigenvalue weighted by molar-refractivity contribution is 5.81. The molecule has 0 bridgehead atoms. The molecule has 0 aliphatic carbocycles. The quantitative estimate of drug-likeness (QED) is 0.790. The minimum atomic E-state index is -0.255. The lowest BCUT2D eigenvalue weighted by Crippen LogP contribution is -2.45. The van der Waals surface area contributed by atoms with E-state index in [0.29, 0.717) is 5.92 Å². The van der Waals surface area contributed by atoms with Gasteiger partial charge in [-0.25, -0.2) is 0 Å². The van der Waals surface area contributed by atoms with Crippen LogP contribution in [0.25, 0.3) is 0 Å². The first-order valence-electron chi connectivity index (χ1n) is 6.80. The van der Waals surface area contributed by atoms with Crippen molar-refractivity contribution in [2.24, 2.45) is 5.92 Å². The Morgan fingerprint density at radius 2 is 1.88 bits per heavy atom. The second-order valence-corrected chi connectivity index (χ2v) is 5.49. The van der Waals surface area contributed by atoms with Crippen molar-refractivity contribution >= 4 is 5.91 Å². The van der Waals surface area contributed by atoms with E-state index in [0.717, 1.165) is 45.4 Å². The maximum absolute atomic E-state index is 12.2. The lowest BCUT2D eigenvalue weighted by atomic mass is 10.0. The Morgan fingerprint density at radius 3 is 2.41 bits per heavy atom. The van der Waals surface area contributed by atoms with Gasteiger partial charge in [0, 0.05) is 19.6 Å². The van der Waals surface area contributed by atoms with E-state index in [1.54, 1.807) is 0 Å². The van der Waals surface area contributed by atoms with Crippen LogP contribution in [0.2, 0.25) is 0 Å². The fourth-order valence-corrected chi connectivity index (χ4v) is 2.92. The molecule has 0 aromatic heterocycles. The molecular formula is C13H24N2O2. The Labute approximate surface area is 104 Å². The average molecular weight is 240 g/mol. The van der Waals surface area contributed by atoms with Crippen LogP contribution in [0, 0.1) is 5.92 Å². The van der Waals surface area contributed by atoms with Crippen LogP contribution in [-0.4, -0.2) is 59.1 Å². The van der Waals surface area contributed by atoms with Gasteiger partial charge in [-0.3, -0.25) is 9.69 Å². The largest absolute Gasteiger partial charge is 0.393 e. The van der Waals surface area contributed by atoms with Crippen molar-refractivity contribution in [2.45, 2.75) is 45.3 Å². The first-order chi connectivity index (χ1) is 8.09. The number of aliphatic hydroxyl groups is 1. The summed E-state index contributed by atoms with van der Waals surface area (Å²) in [6.07, 6.45) is 3.05. The Morgan fingerprint density at radius 1 is 1.24 bits per heavy atom. The molecule has 1 N–H and O–H groups in total. The Kier molecular flexibility index (Phi) is 4.05. The fraction of sp³-hybridized carbons (Fsp3) is 0.923. The Balaban J connectivity index is 1.87. The molecule has 0 spiro atoms. The van der Waals surface area contributed by atoms with Crippen LogP contribution in [-0.2, 0) is 4.79 Å². The van der Waals surface area contributed by atoms with Gasteiger partial charge in [0.2, 0.25) is 5.91 Å². The molecule has 2 aliphatic heterocycles. The lowest BCUT2D eigenvalue weighted by molar-refractivity contribution is -0.135. The van der Waals surface area contributed by atoms with Crippen molar-refractivity contribution in [1.29, 1.82) is 0 Å². The van der Waals surface area contributed by atoms with E-state index in [-0.39, 0.29) is 18.1 Å². The van der Waals surface area contributed by atoms with Crippen molar-refractivity contribution < 1.29 is 9.90 Å². The normalized spacial score (nSPS) is 29.6. The standard InChI is InChI=1S/C13H24N2O2/c1-10(13(17)14-6-3-4-7-14)15-8-5-12(9-15)11(2)16/h10-12,16H,3-9H2,1-2H3. The molecule has 0 saturated carbocycles. The molecule has 2 aliphatic rings. The van der Waals surface area contributed by atoms with Crippen molar-refractivity contribution in [3.05, 3.63) is 0 Å². The zero-order valence-corrected chi connectivity index (χ0v) is 10.9. The van der Waals surface area contributed by atoms with E-state index in [2.05, 4.69) is 4.90 Å². The van der Waals surface area contributed by atoms with E-state index in [4.69, 9.17) is 0 Å². The summed E-state index contributed by atoms with van der Waals surface area (Å²) in [7, 11) is 0. The van der Waals surface area contributed by atoms with Gasteiger partial charge in [0.1, 0.15) is 0 Å². The van der Waals surface area contributed by atoms with Crippen LogP contribution in [0.1, 0.15) is 33.1 Å². The topological polar surface area (TPSA) is 43.8 Å². The number of aliphatic hydroxyl groups excluding tert-OH is 1. The molecule has 0 radical (unpaired) electrons. The highest BCUT2D eigenvalue weighted by Gasteiger charge is 2.33. The maximum Gasteiger partial charge on any atom is 0.239 e. The van der Waals surface area contributed by atoms with Crippen LogP contribution in [0.3, 0.4) is 0 Å². The summed E-state index contributed by atoms with van der Waals surface area (Å²) >= 11 is 0. The fourth-order valence-electron chi connectivity index (χ4n) is 2.92. The van der Waals surface area contributed by atoms with Gasteiger partial charge in [0.05, 0.1) is 12.1 Å². The first-order valence-corrected chi connectivity index (χ1v) is 6.80. The smallest absolute Gasteiger partial charge is 0.239 e. The average Bonchev–Trinajstić information content (AvgIpc) is 2.97. The van der Waals surface area contributed by atoms with E-state index in [1.165, 1.54) is 0 Å². The second-order valence-electron chi connectivity index (χ2n) is 5.49. The lowest BCUT2D eigenvalue weighted by Gasteiger charge is -2.28. The van der Waals surface area contributed by atoms with Crippen molar-refractivity contribution in [1.82, 2.24) is 9.80 Å². The summed E-state index contributed by atoms with van der Waals surface area (Å²) in [5, 5.41) is 9.58. The van der Waals surface area contributed by atoms with Crippen molar-refractivity contribution in [3.8, 4) is 0 Å². The Hall–Kier alpha value is -0.610. The minimum absolute atomic E-state index is 0.0168. The second kappa shape index (κ2) is 5.36. The molecule has 0 aromatic rings. The number of amides is 1. The summed E-state index contributed by atoms with van der Waals surface area (Å²) < 4.78 is 0. The summed E-state index contributed by atoms with van der Waals surface area (Å²) in [5.41, 5.74) is 0. The predicted octanol–water partition coefficient (Wildman–Crippen LogP) is 0.700. The van der Waals surface area contributed by atoms with Crippen LogP contribution in [0.4, 0.5) is 0 Å². The third-order valence-corrected chi connectivity index (χ3v) is 4.26. The summed E-state index contributed by atoms with van der Waals surface area (Å²) in [4.78, 5) is 16.4. The molecular weight excluding hydrogens is 216 g/mol. The number of nitrogens with zero attached hydrogens (tertiary/aromatic N) is 2. The van der Waals surface area contributed by atoms with Crippen LogP contribution in [0.15, 0.2) is 0 Å². The molecule has 1 amide bonds. The number of hydrogen-bond acceptors (Lipinski definition) is 3. The molecule has 2 heterocycles. The van der Waals surface area contributed by atoms with Gasteiger partial charge < -0.3 is 10.0 Å². The van der Waals surface area contributed by atoms with Crippen LogP contribution in [0.5, 0.6) is 0 Å². The molecule has 98 valence electrons. The van der Waals surface area contributed by atoms with E-state index >= 15 is 0 Å². The van der Waals surface area contributed by atoms with Gasteiger partial charge in [-0.15, -0.1) is 0 Å². The van der Waals surface area contributed by atoms with Gasteiger partial charge in [0.25, 0.3) is 0 Å². The molecule has 4 nitrogen and oxygen atoms in total. The van der Waals surface area contributed by atoms with Gasteiger partial charge in [-0.2, -0.15) is 0 Å². The SMILES string of the molecule is CC(O)C1CCN(C(C)C(=O)N2CCCC2)C1. The molecule has 17 heavy (non-hydrogen) atoms. The van der Waals surface area contributed by atoms with E-state index in [9.17, 15) is 9.90 Å². The van der Waals surface area contributed by atoms with E-state index < -0.39 is 0 Å². The highest BCUT2D eigenvalue weighted by Crippen LogP contribution is 2.23. The zero-order valence-electron chi connectivity index (χ0n) is 10.9. The summed E-state index contributed by atoms with van der Waals surface area (Å²) in [6.45, 7) is 7.51. The first kappa shape index (κ1) is 12.8. The van der Waals surface area contributed by atoms with Crippen LogP contribution >= 0.6 is 0 Å². The molecule has 3 unspecified atom stereocenters. The van der Waals surface area contributed by atoms with Gasteiger partial charge in [-0.1, -0.05) is 0 Å². The Bertz CT molecular complexity index is 275. The summed E-state index contributed by atoms with van der Waals surface area (Å²) in [5.74, 6) is 0.609. The monoisotopic (exact) mass is 240 g/mol. The van der Waals surface area contributed by atoms with Crippen LogP contribution < -0.4 is 0 Å². The molecule has 2 saturated heterocycles.